The topological polar surface area (TPSA) is 72.2 Å². The number of hydrogen-bond donors (Lipinski definition) is 1. The van der Waals surface area contributed by atoms with Crippen molar-refractivity contribution in [3.05, 3.63) is 39.4 Å². The van der Waals surface area contributed by atoms with Crippen LogP contribution in [0, 0.1) is 17.0 Å². The summed E-state index contributed by atoms with van der Waals surface area (Å²) in [5.74, 6) is -0.389. The van der Waals surface area contributed by atoms with E-state index in [9.17, 15) is 14.9 Å². The summed E-state index contributed by atoms with van der Waals surface area (Å²) in [4.78, 5) is 22.9. The predicted octanol–water partition coefficient (Wildman–Crippen LogP) is 3.59. The van der Waals surface area contributed by atoms with Crippen molar-refractivity contribution in [2.75, 3.05) is 5.33 Å². The van der Waals surface area contributed by atoms with Crippen LogP contribution in [0.25, 0.3) is 0 Å². The molecule has 0 saturated heterocycles. The van der Waals surface area contributed by atoms with Crippen LogP contribution in [0.1, 0.15) is 42.6 Å². The first-order chi connectivity index (χ1) is 9.34. The molecule has 0 saturated carbocycles. The number of amides is 1. The largest absolute Gasteiger partial charge is 0.347 e. The molecule has 5 nitrogen and oxygen atoms in total. The molecule has 1 aromatic rings. The minimum Gasteiger partial charge on any atom is -0.347 e. The number of nitrogens with one attached hydrogen (secondary N) is 1. The number of aryl methyl sites for hydroxylation is 1. The molecule has 0 aliphatic heterocycles. The van der Waals surface area contributed by atoms with E-state index < -0.39 is 4.92 Å². The van der Waals surface area contributed by atoms with E-state index in [1.54, 1.807) is 19.1 Å². The molecule has 1 atom stereocenters. The molecule has 1 N–H and O–H groups in total. The van der Waals surface area contributed by atoms with E-state index in [1.807, 2.05) is 13.8 Å². The highest BCUT2D eigenvalue weighted by Gasteiger charge is 2.28. The lowest BCUT2D eigenvalue weighted by atomic mass is 9.94. The lowest BCUT2D eigenvalue weighted by Crippen LogP contribution is -2.46. The maximum absolute atomic E-state index is 12.4. The maximum Gasteiger partial charge on any atom is 0.282 e. The van der Waals surface area contributed by atoms with Crippen molar-refractivity contribution in [3.63, 3.8) is 0 Å². The van der Waals surface area contributed by atoms with Crippen molar-refractivity contribution in [2.45, 2.75) is 39.2 Å². The lowest BCUT2D eigenvalue weighted by molar-refractivity contribution is -0.385. The summed E-state index contributed by atoms with van der Waals surface area (Å²) >= 11 is 3.36. The maximum atomic E-state index is 12.4. The summed E-state index contributed by atoms with van der Waals surface area (Å²) < 4.78 is 0. The van der Waals surface area contributed by atoms with Crippen LogP contribution in [-0.2, 0) is 0 Å². The zero-order valence-electron chi connectivity index (χ0n) is 11.9. The molecule has 0 spiro atoms. The zero-order chi connectivity index (χ0) is 15.3. The average Bonchev–Trinajstić information content (AvgIpc) is 2.38. The molecule has 110 valence electrons. The number of nitro benzene ring substituents is 1. The molecule has 1 amide bonds. The van der Waals surface area contributed by atoms with Gasteiger partial charge in [-0.1, -0.05) is 35.0 Å². The van der Waals surface area contributed by atoms with Crippen molar-refractivity contribution in [1.82, 2.24) is 5.32 Å². The summed E-state index contributed by atoms with van der Waals surface area (Å²) in [6.07, 6.45) is 1.51. The fraction of sp³-hybridized carbons (Fsp3) is 0.500. The number of hydrogen-bond acceptors (Lipinski definition) is 3. The first kappa shape index (κ1) is 16.6. The Balaban J connectivity index is 3.12. The number of alkyl halides is 1. The number of halogens is 1. The van der Waals surface area contributed by atoms with Gasteiger partial charge in [-0.15, -0.1) is 0 Å². The van der Waals surface area contributed by atoms with Crippen molar-refractivity contribution in [3.8, 4) is 0 Å². The Labute approximate surface area is 127 Å². The average molecular weight is 343 g/mol. The van der Waals surface area contributed by atoms with E-state index in [4.69, 9.17) is 0 Å². The second-order valence-corrected chi connectivity index (χ2v) is 5.83. The Hall–Kier alpha value is -1.43. The van der Waals surface area contributed by atoms with Gasteiger partial charge in [-0.2, -0.15) is 0 Å². The molecule has 0 aromatic heterocycles. The van der Waals surface area contributed by atoms with E-state index in [-0.39, 0.29) is 22.7 Å². The molecule has 1 aromatic carbocycles. The highest BCUT2D eigenvalue weighted by molar-refractivity contribution is 9.09. The second kappa shape index (κ2) is 6.83. The third kappa shape index (κ3) is 3.79. The fourth-order valence-electron chi connectivity index (χ4n) is 1.97. The number of nitro groups is 1. The predicted molar refractivity (Wildman–Crippen MR) is 82.4 cm³/mol. The summed E-state index contributed by atoms with van der Waals surface area (Å²) in [6, 6.07) is 4.65. The normalized spacial score (nSPS) is 13.6. The van der Waals surface area contributed by atoms with Gasteiger partial charge in [0.1, 0.15) is 5.56 Å². The number of carbonyl (C=O) groups is 1. The molecule has 0 heterocycles. The highest BCUT2D eigenvalue weighted by atomic mass is 79.9. The standard InChI is InChI=1S/C14H19BrN2O3/c1-4-14(3,8-9-15)16-13(18)12-10(2)6-5-7-11(12)17(19)20/h5-7H,4,8-9H2,1-3H3,(H,16,18). The molecule has 0 bridgehead atoms. The fourth-order valence-corrected chi connectivity index (χ4v) is 2.85. The van der Waals surface area contributed by atoms with Crippen molar-refractivity contribution >= 4 is 27.5 Å². The van der Waals surface area contributed by atoms with Crippen LogP contribution in [-0.4, -0.2) is 21.7 Å². The Morgan fingerprint density at radius 3 is 2.65 bits per heavy atom. The van der Waals surface area contributed by atoms with Crippen LogP contribution in [0.15, 0.2) is 18.2 Å². The monoisotopic (exact) mass is 342 g/mol. The Morgan fingerprint density at radius 2 is 2.15 bits per heavy atom. The molecule has 1 rings (SSSR count). The first-order valence-electron chi connectivity index (χ1n) is 6.47. The molecule has 0 radical (unpaired) electrons. The van der Waals surface area contributed by atoms with Gasteiger partial charge in [0.15, 0.2) is 0 Å². The molecule has 1 unspecified atom stereocenters. The van der Waals surface area contributed by atoms with Gasteiger partial charge >= 0.3 is 0 Å². The van der Waals surface area contributed by atoms with Gasteiger partial charge in [-0.25, -0.2) is 0 Å². The molecule has 0 aliphatic carbocycles. The van der Waals surface area contributed by atoms with Gasteiger partial charge in [-0.3, -0.25) is 14.9 Å². The third-order valence-corrected chi connectivity index (χ3v) is 3.91. The Kier molecular flexibility index (Phi) is 5.68. The van der Waals surface area contributed by atoms with Gasteiger partial charge < -0.3 is 5.32 Å². The van der Waals surface area contributed by atoms with Crippen LogP contribution >= 0.6 is 15.9 Å². The summed E-state index contributed by atoms with van der Waals surface area (Å²) in [5, 5.41) is 14.7. The van der Waals surface area contributed by atoms with Gasteiger partial charge in [0, 0.05) is 16.9 Å². The highest BCUT2D eigenvalue weighted by Crippen LogP contribution is 2.24. The minimum absolute atomic E-state index is 0.145. The van der Waals surface area contributed by atoms with Crippen molar-refractivity contribution in [1.29, 1.82) is 0 Å². The SMILES string of the molecule is CCC(C)(CCBr)NC(=O)c1c(C)cccc1[N+](=O)[O-]. The number of benzene rings is 1. The summed E-state index contributed by atoms with van der Waals surface area (Å²) in [7, 11) is 0. The molecular weight excluding hydrogens is 324 g/mol. The molecule has 6 heteroatoms. The molecule has 20 heavy (non-hydrogen) atoms. The van der Waals surface area contributed by atoms with Crippen molar-refractivity contribution in [2.24, 2.45) is 0 Å². The van der Waals surface area contributed by atoms with Crippen molar-refractivity contribution < 1.29 is 9.72 Å². The number of carbonyl (C=O) groups excluding carboxylic acids is 1. The Morgan fingerprint density at radius 1 is 1.50 bits per heavy atom. The minimum atomic E-state index is -0.518. The number of nitrogens with zero attached hydrogens (tertiary/aromatic N) is 1. The van der Waals surface area contributed by atoms with Crippen LogP contribution < -0.4 is 5.32 Å². The van der Waals surface area contributed by atoms with Crippen LogP contribution in [0.4, 0.5) is 5.69 Å². The molecule has 0 fully saturated rings. The summed E-state index contributed by atoms with van der Waals surface area (Å²) in [6.45, 7) is 5.63. The van der Waals surface area contributed by atoms with Gasteiger partial charge in [0.05, 0.1) is 4.92 Å². The lowest BCUT2D eigenvalue weighted by Gasteiger charge is -2.29. The van der Waals surface area contributed by atoms with E-state index >= 15 is 0 Å². The van der Waals surface area contributed by atoms with Gasteiger partial charge in [0.2, 0.25) is 0 Å². The smallest absolute Gasteiger partial charge is 0.282 e. The second-order valence-electron chi connectivity index (χ2n) is 5.03. The third-order valence-electron chi connectivity index (χ3n) is 3.52. The quantitative estimate of drug-likeness (QED) is 0.487. The molecular formula is C14H19BrN2O3. The Bertz CT molecular complexity index is 519. The zero-order valence-corrected chi connectivity index (χ0v) is 13.5. The first-order valence-corrected chi connectivity index (χ1v) is 7.59. The van der Waals surface area contributed by atoms with Crippen LogP contribution in [0.5, 0.6) is 0 Å². The van der Waals surface area contributed by atoms with E-state index in [2.05, 4.69) is 21.2 Å². The van der Waals surface area contributed by atoms with E-state index in [0.717, 1.165) is 18.2 Å². The van der Waals surface area contributed by atoms with Crippen LogP contribution in [0.2, 0.25) is 0 Å². The molecule has 0 aliphatic rings. The van der Waals surface area contributed by atoms with Crippen LogP contribution in [0.3, 0.4) is 0 Å². The van der Waals surface area contributed by atoms with Gasteiger partial charge in [-0.05, 0) is 32.3 Å². The van der Waals surface area contributed by atoms with Gasteiger partial charge in [0.25, 0.3) is 11.6 Å². The van der Waals surface area contributed by atoms with E-state index in [0.29, 0.717) is 5.56 Å². The van der Waals surface area contributed by atoms with E-state index in [1.165, 1.54) is 6.07 Å². The number of rotatable bonds is 6. The summed E-state index contributed by atoms with van der Waals surface area (Å²) in [5.41, 5.74) is 0.219.